The molecular formula is C9H15ClO. The monoisotopic (exact) mass is 174 g/mol. The molecule has 0 amide bonds. The SMILES string of the molecule is C#C[C@@H](Cl)[C@@H](C)OC(C)(C)C. The average molecular weight is 175 g/mol. The molecule has 0 unspecified atom stereocenters. The Morgan fingerprint density at radius 2 is 1.91 bits per heavy atom. The van der Waals surface area contributed by atoms with Gasteiger partial charge in [0.05, 0.1) is 11.7 Å². The van der Waals surface area contributed by atoms with Crippen molar-refractivity contribution in [1.82, 2.24) is 0 Å². The van der Waals surface area contributed by atoms with Gasteiger partial charge in [-0.3, -0.25) is 0 Å². The Kier molecular flexibility index (Phi) is 3.92. The lowest BCUT2D eigenvalue weighted by atomic mass is 10.1. The van der Waals surface area contributed by atoms with Crippen LogP contribution in [-0.4, -0.2) is 17.1 Å². The van der Waals surface area contributed by atoms with E-state index in [4.69, 9.17) is 22.8 Å². The van der Waals surface area contributed by atoms with Crippen LogP contribution in [0.3, 0.4) is 0 Å². The smallest absolute Gasteiger partial charge is 0.120 e. The molecule has 0 aromatic rings. The van der Waals surface area contributed by atoms with Gasteiger partial charge >= 0.3 is 0 Å². The molecule has 0 radical (unpaired) electrons. The standard InChI is InChI=1S/C9H15ClO/c1-6-8(10)7(2)11-9(3,4)5/h1,7-8H,2-5H3/t7-,8-/m1/s1. The van der Waals surface area contributed by atoms with Crippen molar-refractivity contribution in [2.24, 2.45) is 0 Å². The maximum Gasteiger partial charge on any atom is 0.120 e. The molecule has 0 N–H and O–H groups in total. The molecule has 2 atom stereocenters. The molecule has 0 bridgehead atoms. The fourth-order valence-electron chi connectivity index (χ4n) is 0.753. The molecule has 0 fully saturated rings. The van der Waals surface area contributed by atoms with Gasteiger partial charge in [0.2, 0.25) is 0 Å². The number of terminal acetylenes is 1. The summed E-state index contributed by atoms with van der Waals surface area (Å²) >= 11 is 5.76. The Labute approximate surface area is 74.1 Å². The minimum atomic E-state index is -0.339. The van der Waals surface area contributed by atoms with E-state index < -0.39 is 0 Å². The molecule has 0 spiro atoms. The summed E-state index contributed by atoms with van der Waals surface area (Å²) in [5.74, 6) is 2.43. The van der Waals surface area contributed by atoms with E-state index in [2.05, 4.69) is 5.92 Å². The summed E-state index contributed by atoms with van der Waals surface area (Å²) in [4.78, 5) is 0. The maximum atomic E-state index is 5.76. The second-order valence-corrected chi connectivity index (χ2v) is 3.97. The van der Waals surface area contributed by atoms with Crippen molar-refractivity contribution in [3.05, 3.63) is 0 Å². The van der Waals surface area contributed by atoms with Crippen molar-refractivity contribution in [2.45, 2.75) is 44.8 Å². The Morgan fingerprint density at radius 1 is 1.45 bits per heavy atom. The predicted molar refractivity (Wildman–Crippen MR) is 48.8 cm³/mol. The lowest BCUT2D eigenvalue weighted by Crippen LogP contribution is -2.30. The second-order valence-electron chi connectivity index (χ2n) is 3.50. The van der Waals surface area contributed by atoms with Gasteiger partial charge in [0, 0.05) is 0 Å². The van der Waals surface area contributed by atoms with E-state index >= 15 is 0 Å². The highest BCUT2D eigenvalue weighted by molar-refractivity contribution is 6.22. The first-order valence-corrected chi connectivity index (χ1v) is 4.08. The van der Waals surface area contributed by atoms with Crippen LogP contribution in [0.5, 0.6) is 0 Å². The van der Waals surface area contributed by atoms with Gasteiger partial charge in [0.1, 0.15) is 5.38 Å². The minimum absolute atomic E-state index is 0.0957. The Hall–Kier alpha value is -0.190. The predicted octanol–water partition coefficient (Wildman–Crippen LogP) is 2.43. The first kappa shape index (κ1) is 10.8. The summed E-state index contributed by atoms with van der Waals surface area (Å²) in [6.45, 7) is 7.81. The van der Waals surface area contributed by atoms with Crippen molar-refractivity contribution < 1.29 is 4.74 Å². The first-order valence-electron chi connectivity index (χ1n) is 3.65. The van der Waals surface area contributed by atoms with Crippen molar-refractivity contribution in [1.29, 1.82) is 0 Å². The highest BCUT2D eigenvalue weighted by Crippen LogP contribution is 2.15. The van der Waals surface area contributed by atoms with Gasteiger partial charge in [0.25, 0.3) is 0 Å². The fourth-order valence-corrected chi connectivity index (χ4v) is 0.804. The zero-order chi connectivity index (χ0) is 9.07. The Balaban J connectivity index is 3.90. The molecule has 11 heavy (non-hydrogen) atoms. The van der Waals surface area contributed by atoms with Gasteiger partial charge in [-0.1, -0.05) is 5.92 Å². The number of halogens is 1. The van der Waals surface area contributed by atoms with Crippen LogP contribution in [-0.2, 0) is 4.74 Å². The van der Waals surface area contributed by atoms with Gasteiger partial charge < -0.3 is 4.74 Å². The van der Waals surface area contributed by atoms with Crippen LogP contribution in [0.1, 0.15) is 27.7 Å². The van der Waals surface area contributed by atoms with Crippen LogP contribution in [0, 0.1) is 12.3 Å². The third-order valence-electron chi connectivity index (χ3n) is 1.11. The van der Waals surface area contributed by atoms with E-state index in [9.17, 15) is 0 Å². The second kappa shape index (κ2) is 3.99. The molecule has 64 valence electrons. The lowest BCUT2D eigenvalue weighted by molar-refractivity contribution is -0.0470. The number of hydrogen-bond donors (Lipinski definition) is 0. The normalized spacial score (nSPS) is 17.1. The molecule has 2 heteroatoms. The summed E-state index contributed by atoms with van der Waals surface area (Å²) in [5, 5.41) is -0.339. The molecule has 0 rings (SSSR count). The van der Waals surface area contributed by atoms with Crippen LogP contribution in [0.25, 0.3) is 0 Å². The number of alkyl halides is 1. The van der Waals surface area contributed by atoms with E-state index in [0.29, 0.717) is 0 Å². The number of hydrogen-bond acceptors (Lipinski definition) is 1. The van der Waals surface area contributed by atoms with E-state index in [1.54, 1.807) is 0 Å². The Morgan fingerprint density at radius 3 is 2.18 bits per heavy atom. The topological polar surface area (TPSA) is 9.23 Å². The number of rotatable bonds is 2. The zero-order valence-corrected chi connectivity index (χ0v) is 8.27. The summed E-state index contributed by atoms with van der Waals surface area (Å²) in [7, 11) is 0. The van der Waals surface area contributed by atoms with Crippen LogP contribution in [0.4, 0.5) is 0 Å². The summed E-state index contributed by atoms with van der Waals surface area (Å²) in [6.07, 6.45) is 5.03. The molecule has 0 aliphatic carbocycles. The Bertz CT molecular complexity index is 152. The molecule has 0 saturated carbocycles. The summed E-state index contributed by atoms with van der Waals surface area (Å²) in [5.41, 5.74) is -0.177. The fraction of sp³-hybridized carbons (Fsp3) is 0.778. The molecule has 1 nitrogen and oxygen atoms in total. The van der Waals surface area contributed by atoms with Gasteiger partial charge in [0.15, 0.2) is 0 Å². The van der Waals surface area contributed by atoms with Crippen LogP contribution in [0.2, 0.25) is 0 Å². The van der Waals surface area contributed by atoms with Crippen LogP contribution >= 0.6 is 11.6 Å². The van der Waals surface area contributed by atoms with Crippen molar-refractivity contribution >= 4 is 11.6 Å². The minimum Gasteiger partial charge on any atom is -0.370 e. The van der Waals surface area contributed by atoms with Crippen LogP contribution < -0.4 is 0 Å². The molecule has 0 saturated heterocycles. The zero-order valence-electron chi connectivity index (χ0n) is 7.52. The highest BCUT2D eigenvalue weighted by atomic mass is 35.5. The molecular weight excluding hydrogens is 160 g/mol. The van der Waals surface area contributed by atoms with E-state index in [1.807, 2.05) is 27.7 Å². The van der Waals surface area contributed by atoms with Gasteiger partial charge in [-0.15, -0.1) is 18.0 Å². The van der Waals surface area contributed by atoms with Crippen molar-refractivity contribution in [3.63, 3.8) is 0 Å². The summed E-state index contributed by atoms with van der Waals surface area (Å²) < 4.78 is 5.52. The van der Waals surface area contributed by atoms with Gasteiger partial charge in [-0.2, -0.15) is 0 Å². The van der Waals surface area contributed by atoms with E-state index in [-0.39, 0.29) is 17.1 Å². The maximum absolute atomic E-state index is 5.76. The molecule has 0 aliphatic rings. The quantitative estimate of drug-likeness (QED) is 0.462. The third kappa shape index (κ3) is 5.12. The van der Waals surface area contributed by atoms with Gasteiger partial charge in [-0.05, 0) is 27.7 Å². The molecule has 0 heterocycles. The highest BCUT2D eigenvalue weighted by Gasteiger charge is 2.19. The van der Waals surface area contributed by atoms with Crippen molar-refractivity contribution in [2.75, 3.05) is 0 Å². The number of ether oxygens (including phenoxy) is 1. The lowest BCUT2D eigenvalue weighted by Gasteiger charge is -2.25. The van der Waals surface area contributed by atoms with E-state index in [0.717, 1.165) is 0 Å². The molecule has 0 aromatic heterocycles. The third-order valence-corrected chi connectivity index (χ3v) is 1.59. The van der Waals surface area contributed by atoms with E-state index in [1.165, 1.54) is 0 Å². The van der Waals surface area contributed by atoms with Crippen molar-refractivity contribution in [3.8, 4) is 12.3 Å². The summed E-state index contributed by atoms with van der Waals surface area (Å²) in [6, 6.07) is 0. The average Bonchev–Trinajstić information content (AvgIpc) is 1.82. The van der Waals surface area contributed by atoms with Crippen LogP contribution in [0.15, 0.2) is 0 Å². The first-order chi connectivity index (χ1) is 4.87. The molecule has 0 aromatic carbocycles. The van der Waals surface area contributed by atoms with Gasteiger partial charge in [-0.25, -0.2) is 0 Å². The largest absolute Gasteiger partial charge is 0.370 e. The molecule has 0 aliphatic heterocycles.